The molecular weight excluding hydrogens is 303 g/mol. The summed E-state index contributed by atoms with van der Waals surface area (Å²) in [5, 5.41) is 0.934. The molecule has 0 aliphatic carbocycles. The maximum Gasteiger partial charge on any atom is 0.224 e. The van der Waals surface area contributed by atoms with Crippen molar-refractivity contribution < 1.29 is 9.13 Å². The molecule has 24 heavy (non-hydrogen) atoms. The summed E-state index contributed by atoms with van der Waals surface area (Å²) in [6, 6.07) is 16.3. The molecule has 0 saturated carbocycles. The Morgan fingerprint density at radius 1 is 0.833 bits per heavy atom. The third kappa shape index (κ3) is 4.28. The lowest BCUT2D eigenvalue weighted by atomic mass is 10.1. The molecule has 0 bridgehead atoms. The van der Waals surface area contributed by atoms with E-state index in [1.54, 1.807) is 0 Å². The first-order valence-electron chi connectivity index (χ1n) is 8.33. The normalized spacial score (nSPS) is 10.9. The van der Waals surface area contributed by atoms with Crippen LogP contribution < -0.4 is 4.74 Å². The van der Waals surface area contributed by atoms with Crippen LogP contribution in [-0.2, 0) is 12.8 Å². The number of halogens is 1. The van der Waals surface area contributed by atoms with E-state index in [1.807, 2.05) is 24.3 Å². The van der Waals surface area contributed by atoms with E-state index in [-0.39, 0.29) is 6.67 Å². The van der Waals surface area contributed by atoms with Crippen molar-refractivity contribution >= 4 is 10.9 Å². The predicted molar refractivity (Wildman–Crippen MR) is 94.1 cm³/mol. The number of hydrogen-bond acceptors (Lipinski definition) is 3. The van der Waals surface area contributed by atoms with Gasteiger partial charge in [0.2, 0.25) is 5.88 Å². The molecule has 0 radical (unpaired) electrons. The Hall–Kier alpha value is -2.49. The lowest BCUT2D eigenvalue weighted by Crippen LogP contribution is -2.03. The Labute approximate surface area is 141 Å². The van der Waals surface area contributed by atoms with Crippen LogP contribution in [0.25, 0.3) is 10.9 Å². The van der Waals surface area contributed by atoms with Crippen LogP contribution in [-0.4, -0.2) is 23.2 Å². The molecule has 0 atom stereocenters. The summed E-state index contributed by atoms with van der Waals surface area (Å²) in [5.74, 6) is 0.628. The van der Waals surface area contributed by atoms with E-state index in [4.69, 9.17) is 4.74 Å². The number of hydrogen-bond donors (Lipinski definition) is 0. The monoisotopic (exact) mass is 324 g/mol. The molecule has 3 nitrogen and oxygen atoms in total. The van der Waals surface area contributed by atoms with Crippen molar-refractivity contribution in [3.8, 4) is 5.88 Å². The molecule has 4 heteroatoms. The maximum absolute atomic E-state index is 12.1. The van der Waals surface area contributed by atoms with E-state index in [9.17, 15) is 4.39 Å². The van der Waals surface area contributed by atoms with Crippen molar-refractivity contribution in [3.63, 3.8) is 0 Å². The van der Waals surface area contributed by atoms with Crippen molar-refractivity contribution in [2.45, 2.75) is 25.7 Å². The van der Waals surface area contributed by atoms with Crippen LogP contribution >= 0.6 is 0 Å². The highest BCUT2D eigenvalue weighted by atomic mass is 19.1. The van der Waals surface area contributed by atoms with Gasteiger partial charge in [0, 0.05) is 6.42 Å². The van der Waals surface area contributed by atoms with Crippen LogP contribution in [0.4, 0.5) is 4.39 Å². The molecule has 0 unspecified atom stereocenters. The lowest BCUT2D eigenvalue weighted by Gasteiger charge is -2.08. The second-order valence-corrected chi connectivity index (χ2v) is 5.76. The minimum Gasteiger partial charge on any atom is -0.477 e. The number of rotatable bonds is 8. The van der Waals surface area contributed by atoms with Crippen LogP contribution in [0.2, 0.25) is 0 Å². The molecule has 0 spiro atoms. The maximum atomic E-state index is 12.1. The quantitative estimate of drug-likeness (QED) is 0.570. The summed E-state index contributed by atoms with van der Waals surface area (Å²) in [5.41, 5.74) is 3.37. The smallest absolute Gasteiger partial charge is 0.224 e. The number of alkyl halides is 1. The number of nitrogens with zero attached hydrogens (tertiary/aromatic N) is 2. The van der Waals surface area contributed by atoms with Gasteiger partial charge >= 0.3 is 0 Å². The standard InChI is InChI=1S/C20H21FN2O/c21-13-4-3-5-16-8-10-17(11-9-16)12-14-24-20-18-6-1-2-7-19(18)22-15-23-20/h1-2,6-11,15H,3-5,12-14H2. The largest absolute Gasteiger partial charge is 0.477 e. The second kappa shape index (κ2) is 8.39. The molecular formula is C20H21FN2O. The summed E-state index contributed by atoms with van der Waals surface area (Å²) in [7, 11) is 0. The number of ether oxygens (including phenoxy) is 1. The minimum atomic E-state index is -0.229. The molecule has 0 fully saturated rings. The third-order valence-corrected chi connectivity index (χ3v) is 4.01. The Morgan fingerprint density at radius 3 is 2.38 bits per heavy atom. The van der Waals surface area contributed by atoms with E-state index < -0.39 is 0 Å². The first-order chi connectivity index (χ1) is 11.9. The fraction of sp³-hybridized carbons (Fsp3) is 0.300. The van der Waals surface area contributed by atoms with Gasteiger partial charge < -0.3 is 4.74 Å². The van der Waals surface area contributed by atoms with E-state index >= 15 is 0 Å². The zero-order chi connectivity index (χ0) is 16.6. The zero-order valence-electron chi connectivity index (χ0n) is 13.6. The lowest BCUT2D eigenvalue weighted by molar-refractivity contribution is 0.313. The van der Waals surface area contributed by atoms with Gasteiger partial charge in [0.05, 0.1) is 24.2 Å². The number of unbranched alkanes of at least 4 members (excludes halogenated alkanes) is 1. The average molecular weight is 324 g/mol. The molecule has 124 valence electrons. The molecule has 2 aromatic carbocycles. The molecule has 1 aromatic heterocycles. The van der Waals surface area contributed by atoms with Crippen molar-refractivity contribution in [1.29, 1.82) is 0 Å². The highest BCUT2D eigenvalue weighted by molar-refractivity contribution is 5.82. The van der Waals surface area contributed by atoms with Crippen molar-refractivity contribution in [2.24, 2.45) is 0 Å². The minimum absolute atomic E-state index is 0.229. The Balaban J connectivity index is 1.54. The van der Waals surface area contributed by atoms with Crippen LogP contribution in [0.15, 0.2) is 54.9 Å². The first kappa shape index (κ1) is 16.4. The molecule has 0 N–H and O–H groups in total. The van der Waals surface area contributed by atoms with Gasteiger partial charge in [-0.1, -0.05) is 36.4 Å². The highest BCUT2D eigenvalue weighted by Gasteiger charge is 2.04. The Kier molecular flexibility index (Phi) is 5.72. The number of aromatic nitrogens is 2. The summed E-state index contributed by atoms with van der Waals surface area (Å²) in [6.07, 6.45) is 4.84. The van der Waals surface area contributed by atoms with Gasteiger partial charge in [0.1, 0.15) is 6.33 Å². The highest BCUT2D eigenvalue weighted by Crippen LogP contribution is 2.20. The van der Waals surface area contributed by atoms with Gasteiger partial charge in [-0.25, -0.2) is 9.97 Å². The van der Waals surface area contributed by atoms with Crippen LogP contribution in [0.5, 0.6) is 5.88 Å². The number of fused-ring (bicyclic) bond motifs is 1. The summed E-state index contributed by atoms with van der Waals surface area (Å²) >= 11 is 0. The number of benzene rings is 2. The number of para-hydroxylation sites is 1. The van der Waals surface area contributed by atoms with Crippen LogP contribution in [0.3, 0.4) is 0 Å². The predicted octanol–water partition coefficient (Wildman–Crippen LogP) is 4.54. The second-order valence-electron chi connectivity index (χ2n) is 5.76. The van der Waals surface area contributed by atoms with Gasteiger partial charge in [-0.3, -0.25) is 4.39 Å². The van der Waals surface area contributed by atoms with Crippen molar-refractivity contribution in [2.75, 3.05) is 13.3 Å². The summed E-state index contributed by atoms with van der Waals surface area (Å²) in [4.78, 5) is 8.46. The van der Waals surface area contributed by atoms with E-state index in [2.05, 4.69) is 34.2 Å². The van der Waals surface area contributed by atoms with Gasteiger partial charge in [-0.05, 0) is 42.5 Å². The molecule has 3 aromatic rings. The summed E-state index contributed by atoms with van der Waals surface area (Å²) < 4.78 is 18.0. The summed E-state index contributed by atoms with van der Waals surface area (Å²) in [6.45, 7) is 0.343. The Bertz CT molecular complexity index is 769. The molecule has 0 aliphatic rings. The average Bonchev–Trinajstić information content (AvgIpc) is 2.63. The van der Waals surface area contributed by atoms with Gasteiger partial charge in [-0.2, -0.15) is 0 Å². The van der Waals surface area contributed by atoms with E-state index in [0.29, 0.717) is 18.9 Å². The van der Waals surface area contributed by atoms with Crippen LogP contribution in [0.1, 0.15) is 24.0 Å². The van der Waals surface area contributed by atoms with Gasteiger partial charge in [0.25, 0.3) is 0 Å². The van der Waals surface area contributed by atoms with Gasteiger partial charge in [-0.15, -0.1) is 0 Å². The van der Waals surface area contributed by atoms with E-state index in [1.165, 1.54) is 17.5 Å². The molecule has 3 rings (SSSR count). The molecule has 0 aliphatic heterocycles. The molecule has 0 amide bonds. The van der Waals surface area contributed by atoms with Crippen LogP contribution in [0, 0.1) is 0 Å². The molecule has 0 saturated heterocycles. The van der Waals surface area contributed by atoms with Crippen molar-refractivity contribution in [1.82, 2.24) is 9.97 Å². The third-order valence-electron chi connectivity index (χ3n) is 4.01. The van der Waals surface area contributed by atoms with E-state index in [0.717, 1.165) is 30.2 Å². The molecule has 1 heterocycles. The topological polar surface area (TPSA) is 35.0 Å². The fourth-order valence-corrected chi connectivity index (χ4v) is 2.66. The van der Waals surface area contributed by atoms with Gasteiger partial charge in [0.15, 0.2) is 0 Å². The Morgan fingerprint density at radius 2 is 1.58 bits per heavy atom. The zero-order valence-corrected chi connectivity index (χ0v) is 13.6. The first-order valence-corrected chi connectivity index (χ1v) is 8.33. The van der Waals surface area contributed by atoms with Crippen molar-refractivity contribution in [3.05, 3.63) is 66.0 Å². The SMILES string of the molecule is FCCCCc1ccc(CCOc2ncnc3ccccc23)cc1. The fourth-order valence-electron chi connectivity index (χ4n) is 2.66. The number of aryl methyl sites for hydroxylation is 1.